The van der Waals surface area contributed by atoms with Crippen LogP contribution < -0.4 is 16.0 Å². The topological polar surface area (TPSA) is 83.1 Å². The third kappa shape index (κ3) is 6.44. The lowest BCUT2D eigenvalue weighted by atomic mass is 10.2. The molecule has 0 aliphatic carbocycles. The molecule has 3 N–H and O–H groups in total. The zero-order valence-corrected chi connectivity index (χ0v) is 13.3. The molecular weight excluding hydrogens is 300 g/mol. The van der Waals surface area contributed by atoms with Crippen LogP contribution in [0.4, 0.5) is 0 Å². The number of hydrogen-bond donors (Lipinski definition) is 3. The average Bonchev–Trinajstić information content (AvgIpc) is 2.55. The Morgan fingerprint density at radius 1 is 1.36 bits per heavy atom. The molecule has 0 aromatic carbocycles. The maximum absolute atomic E-state index is 11.8. The van der Waals surface area contributed by atoms with E-state index in [9.17, 15) is 9.59 Å². The molecule has 7 heteroatoms. The summed E-state index contributed by atoms with van der Waals surface area (Å²) in [4.78, 5) is 27.4. The van der Waals surface area contributed by atoms with Crippen molar-refractivity contribution in [2.24, 2.45) is 0 Å². The smallest absolute Gasteiger partial charge is 0.222 e. The molecule has 0 spiro atoms. The van der Waals surface area contributed by atoms with E-state index in [4.69, 9.17) is 0 Å². The van der Waals surface area contributed by atoms with E-state index in [2.05, 4.69) is 20.9 Å². The van der Waals surface area contributed by atoms with Gasteiger partial charge >= 0.3 is 0 Å². The Balaban J connectivity index is 1.55. The number of nitrogens with one attached hydrogen (secondary N) is 3. The number of amides is 2. The molecule has 1 aliphatic rings. The SMILES string of the molecule is O=C(CCNC(=O)CC1CSCCN1)NCc1cccnc1. The lowest BCUT2D eigenvalue weighted by Crippen LogP contribution is -2.41. The summed E-state index contributed by atoms with van der Waals surface area (Å²) in [7, 11) is 0. The number of hydrogen-bond acceptors (Lipinski definition) is 5. The molecule has 1 aromatic heterocycles. The van der Waals surface area contributed by atoms with Crippen molar-refractivity contribution in [3.8, 4) is 0 Å². The van der Waals surface area contributed by atoms with E-state index < -0.39 is 0 Å². The molecule has 1 fully saturated rings. The summed E-state index contributed by atoms with van der Waals surface area (Å²) < 4.78 is 0. The van der Waals surface area contributed by atoms with Crippen molar-refractivity contribution >= 4 is 23.6 Å². The molecule has 1 aliphatic heterocycles. The maximum Gasteiger partial charge on any atom is 0.222 e. The first-order chi connectivity index (χ1) is 10.7. The largest absolute Gasteiger partial charge is 0.356 e. The second kappa shape index (κ2) is 9.42. The van der Waals surface area contributed by atoms with Crippen LogP contribution in [0.25, 0.3) is 0 Å². The van der Waals surface area contributed by atoms with Gasteiger partial charge in [0.05, 0.1) is 0 Å². The van der Waals surface area contributed by atoms with Gasteiger partial charge in [-0.2, -0.15) is 11.8 Å². The van der Waals surface area contributed by atoms with Crippen LogP contribution in [0.5, 0.6) is 0 Å². The Bertz CT molecular complexity index is 478. The summed E-state index contributed by atoms with van der Waals surface area (Å²) in [6.07, 6.45) is 4.18. The molecule has 2 rings (SSSR count). The highest BCUT2D eigenvalue weighted by molar-refractivity contribution is 7.99. The van der Waals surface area contributed by atoms with E-state index >= 15 is 0 Å². The van der Waals surface area contributed by atoms with Crippen LogP contribution in [0.1, 0.15) is 18.4 Å². The van der Waals surface area contributed by atoms with Crippen LogP contribution >= 0.6 is 11.8 Å². The monoisotopic (exact) mass is 322 g/mol. The van der Waals surface area contributed by atoms with Crippen molar-refractivity contribution in [1.82, 2.24) is 20.9 Å². The Labute approximate surface area is 134 Å². The van der Waals surface area contributed by atoms with Crippen LogP contribution in [-0.4, -0.2) is 47.4 Å². The zero-order chi connectivity index (χ0) is 15.6. The molecular formula is C15H22N4O2S. The van der Waals surface area contributed by atoms with Crippen molar-refractivity contribution in [2.45, 2.75) is 25.4 Å². The van der Waals surface area contributed by atoms with Crippen LogP contribution in [0.15, 0.2) is 24.5 Å². The first-order valence-corrected chi connectivity index (χ1v) is 8.63. The molecule has 6 nitrogen and oxygen atoms in total. The normalized spacial score (nSPS) is 17.7. The number of rotatable bonds is 7. The van der Waals surface area contributed by atoms with Gasteiger partial charge in [-0.25, -0.2) is 0 Å². The summed E-state index contributed by atoms with van der Waals surface area (Å²) in [6, 6.07) is 3.99. The Morgan fingerprint density at radius 3 is 3.00 bits per heavy atom. The van der Waals surface area contributed by atoms with Gasteiger partial charge < -0.3 is 16.0 Å². The van der Waals surface area contributed by atoms with Crippen molar-refractivity contribution in [3.63, 3.8) is 0 Å². The minimum absolute atomic E-state index is 0.0000550. The lowest BCUT2D eigenvalue weighted by molar-refractivity contribution is -0.122. The highest BCUT2D eigenvalue weighted by Gasteiger charge is 2.16. The molecule has 1 aromatic rings. The van der Waals surface area contributed by atoms with E-state index in [1.807, 2.05) is 23.9 Å². The third-order valence-corrected chi connectivity index (χ3v) is 4.45. The minimum atomic E-state index is -0.0736. The standard InChI is InChI=1S/C15H22N4O2S/c20-14(19-10-12-2-1-4-16-9-12)3-5-18-15(21)8-13-11-22-7-6-17-13/h1-2,4,9,13,17H,3,5-8,10-11H2,(H,18,21)(H,19,20). The van der Waals surface area contributed by atoms with Crippen LogP contribution in [-0.2, 0) is 16.1 Å². The highest BCUT2D eigenvalue weighted by atomic mass is 32.2. The van der Waals surface area contributed by atoms with Gasteiger partial charge in [0.15, 0.2) is 0 Å². The van der Waals surface area contributed by atoms with Gasteiger partial charge in [0, 0.05) is 62.4 Å². The second-order valence-corrected chi connectivity index (χ2v) is 6.32. The second-order valence-electron chi connectivity index (χ2n) is 5.17. The quantitative estimate of drug-likeness (QED) is 0.672. The number of thioether (sulfide) groups is 1. The fourth-order valence-corrected chi connectivity index (χ4v) is 3.10. The van der Waals surface area contributed by atoms with Crippen molar-refractivity contribution in [3.05, 3.63) is 30.1 Å². The molecule has 120 valence electrons. The number of carbonyl (C=O) groups excluding carboxylic acids is 2. The fourth-order valence-electron chi connectivity index (χ4n) is 2.15. The number of nitrogens with zero attached hydrogens (tertiary/aromatic N) is 1. The van der Waals surface area contributed by atoms with E-state index in [0.717, 1.165) is 23.6 Å². The maximum atomic E-state index is 11.8. The van der Waals surface area contributed by atoms with Gasteiger partial charge in [0.25, 0.3) is 0 Å². The molecule has 0 saturated carbocycles. The molecule has 1 unspecified atom stereocenters. The Kier molecular flexibility index (Phi) is 7.18. The minimum Gasteiger partial charge on any atom is -0.356 e. The predicted octanol–water partition coefficient (Wildman–Crippen LogP) is 0.299. The van der Waals surface area contributed by atoms with Gasteiger partial charge in [-0.3, -0.25) is 14.6 Å². The predicted molar refractivity (Wildman–Crippen MR) is 87.4 cm³/mol. The average molecular weight is 322 g/mol. The first-order valence-electron chi connectivity index (χ1n) is 7.47. The number of carbonyl (C=O) groups is 2. The molecule has 22 heavy (non-hydrogen) atoms. The van der Waals surface area contributed by atoms with Crippen molar-refractivity contribution in [1.29, 1.82) is 0 Å². The Morgan fingerprint density at radius 2 is 2.27 bits per heavy atom. The lowest BCUT2D eigenvalue weighted by Gasteiger charge is -2.22. The fraction of sp³-hybridized carbons (Fsp3) is 0.533. The van der Waals surface area contributed by atoms with Crippen LogP contribution in [0.3, 0.4) is 0 Å². The third-order valence-electron chi connectivity index (χ3n) is 3.32. The van der Waals surface area contributed by atoms with Crippen LogP contribution in [0, 0.1) is 0 Å². The summed E-state index contributed by atoms with van der Waals surface area (Å²) >= 11 is 1.87. The summed E-state index contributed by atoms with van der Waals surface area (Å²) in [6.45, 7) is 1.79. The highest BCUT2D eigenvalue weighted by Crippen LogP contribution is 2.09. The summed E-state index contributed by atoms with van der Waals surface area (Å²) in [5.74, 6) is 2.00. The van der Waals surface area contributed by atoms with Gasteiger partial charge in [-0.1, -0.05) is 6.07 Å². The summed E-state index contributed by atoms with van der Waals surface area (Å²) in [5.41, 5.74) is 0.959. The van der Waals surface area contributed by atoms with E-state index in [1.54, 1.807) is 12.4 Å². The first kappa shape index (κ1) is 16.8. The zero-order valence-electron chi connectivity index (χ0n) is 12.5. The molecule has 1 saturated heterocycles. The van der Waals surface area contributed by atoms with Crippen molar-refractivity contribution < 1.29 is 9.59 Å². The molecule has 2 amide bonds. The molecule has 2 heterocycles. The molecule has 0 radical (unpaired) electrons. The number of aromatic nitrogens is 1. The van der Waals surface area contributed by atoms with Gasteiger partial charge in [-0.05, 0) is 11.6 Å². The van der Waals surface area contributed by atoms with E-state index in [-0.39, 0.29) is 17.9 Å². The van der Waals surface area contributed by atoms with Crippen LogP contribution in [0.2, 0.25) is 0 Å². The number of pyridine rings is 1. The van der Waals surface area contributed by atoms with E-state index in [1.165, 1.54) is 0 Å². The molecule has 1 atom stereocenters. The van der Waals surface area contributed by atoms with E-state index in [0.29, 0.717) is 25.9 Å². The molecule has 0 bridgehead atoms. The summed E-state index contributed by atoms with van der Waals surface area (Å²) in [5, 5.41) is 8.93. The van der Waals surface area contributed by atoms with Gasteiger partial charge in [-0.15, -0.1) is 0 Å². The van der Waals surface area contributed by atoms with Gasteiger partial charge in [0.2, 0.25) is 11.8 Å². The van der Waals surface area contributed by atoms with Gasteiger partial charge in [0.1, 0.15) is 0 Å². The van der Waals surface area contributed by atoms with Crippen molar-refractivity contribution in [2.75, 3.05) is 24.6 Å². The Hall–Kier alpha value is -1.60.